The molecule has 2 aromatic carbocycles. The van der Waals surface area contributed by atoms with Crippen LogP contribution in [-0.2, 0) is 0 Å². The van der Waals surface area contributed by atoms with Crippen molar-refractivity contribution < 1.29 is 4.48 Å². The molecule has 0 radical (unpaired) electrons. The van der Waals surface area contributed by atoms with Crippen LogP contribution in [0.15, 0.2) is 64.2 Å². The fourth-order valence-electron chi connectivity index (χ4n) is 2.05. The zero-order valence-corrected chi connectivity index (χ0v) is 9.79. The van der Waals surface area contributed by atoms with E-state index in [1.807, 2.05) is 0 Å². The zero-order chi connectivity index (χ0) is 13.4. The Labute approximate surface area is 106 Å². The van der Waals surface area contributed by atoms with Gasteiger partial charge in [0.1, 0.15) is 5.52 Å². The highest BCUT2D eigenvalue weighted by molar-refractivity contribution is 5.76. The number of benzene rings is 2. The van der Waals surface area contributed by atoms with Crippen LogP contribution in [0, 0.1) is 0 Å². The van der Waals surface area contributed by atoms with Crippen molar-refractivity contribution in [3.8, 4) is 5.69 Å². The van der Waals surface area contributed by atoms with E-state index in [0.29, 0.717) is 11.2 Å². The highest BCUT2D eigenvalue weighted by atomic mass is 19.2. The maximum atomic E-state index is 13.7. The van der Waals surface area contributed by atoms with Crippen molar-refractivity contribution in [3.05, 3.63) is 75.3 Å². The van der Waals surface area contributed by atoms with E-state index >= 15 is 0 Å². The molecule has 0 bridgehead atoms. The van der Waals surface area contributed by atoms with E-state index in [-0.39, 0.29) is 10.3 Å². The Morgan fingerprint density at radius 3 is 2.00 bits per heavy atom. The predicted molar refractivity (Wildman–Crippen MR) is 70.3 cm³/mol. The molecule has 0 spiro atoms. The van der Waals surface area contributed by atoms with E-state index in [9.17, 15) is 14.1 Å². The molecule has 3 aromatic rings. The van der Waals surface area contributed by atoms with Crippen LogP contribution in [0.4, 0.5) is 4.48 Å². The van der Waals surface area contributed by atoms with E-state index in [1.54, 1.807) is 48.5 Å². The lowest BCUT2D eigenvalue weighted by Crippen LogP contribution is -2.38. The summed E-state index contributed by atoms with van der Waals surface area (Å²) in [5.74, 6) is 0. The van der Waals surface area contributed by atoms with Crippen molar-refractivity contribution >= 4 is 11.0 Å². The minimum Gasteiger partial charge on any atom is -0.270 e. The smallest absolute Gasteiger partial charge is 0.270 e. The summed E-state index contributed by atoms with van der Waals surface area (Å²) in [4.78, 5) is 23.5. The standard InChI is InChI=1S/C14H9FN2O2/c15-17-12-9-5-4-8-11(12)16(13(18)14(17)19)10-6-2-1-3-7-10/h1-9H. The van der Waals surface area contributed by atoms with Gasteiger partial charge in [0.2, 0.25) is 0 Å². The van der Waals surface area contributed by atoms with Gasteiger partial charge in [-0.1, -0.05) is 34.8 Å². The molecule has 4 nitrogen and oxygen atoms in total. The van der Waals surface area contributed by atoms with Gasteiger partial charge in [0.05, 0.1) is 5.52 Å². The monoisotopic (exact) mass is 256 g/mol. The molecule has 3 rings (SSSR count). The summed E-state index contributed by atoms with van der Waals surface area (Å²) in [5.41, 5.74) is -1.16. The summed E-state index contributed by atoms with van der Waals surface area (Å²) in [6.07, 6.45) is 0. The van der Waals surface area contributed by atoms with Crippen LogP contribution in [0.3, 0.4) is 0 Å². The van der Waals surface area contributed by atoms with Gasteiger partial charge in [0.15, 0.2) is 0 Å². The molecule has 0 aliphatic carbocycles. The van der Waals surface area contributed by atoms with Crippen molar-refractivity contribution in [1.82, 2.24) is 9.36 Å². The van der Waals surface area contributed by atoms with E-state index in [0.717, 1.165) is 0 Å². The van der Waals surface area contributed by atoms with Crippen LogP contribution in [0.5, 0.6) is 0 Å². The number of hydrogen-bond acceptors (Lipinski definition) is 2. The van der Waals surface area contributed by atoms with E-state index in [2.05, 4.69) is 0 Å². The summed E-state index contributed by atoms with van der Waals surface area (Å²) in [6.45, 7) is 0. The van der Waals surface area contributed by atoms with Crippen LogP contribution in [0.1, 0.15) is 0 Å². The second-order valence-electron chi connectivity index (χ2n) is 4.05. The zero-order valence-electron chi connectivity index (χ0n) is 9.79. The summed E-state index contributed by atoms with van der Waals surface area (Å²) >= 11 is 0. The average Bonchev–Trinajstić information content (AvgIpc) is 2.46. The second-order valence-corrected chi connectivity index (χ2v) is 4.05. The number of hydrogen-bond donors (Lipinski definition) is 0. The number of aromatic nitrogens is 2. The Morgan fingerprint density at radius 2 is 1.32 bits per heavy atom. The van der Waals surface area contributed by atoms with Crippen LogP contribution >= 0.6 is 0 Å². The maximum Gasteiger partial charge on any atom is 0.345 e. The molecule has 0 amide bonds. The fraction of sp³-hybridized carbons (Fsp3) is 0. The van der Waals surface area contributed by atoms with Gasteiger partial charge in [-0.2, -0.15) is 0 Å². The molecule has 0 unspecified atom stereocenters. The average molecular weight is 256 g/mol. The molecule has 0 saturated carbocycles. The highest BCUT2D eigenvalue weighted by Gasteiger charge is 2.13. The van der Waals surface area contributed by atoms with Crippen LogP contribution in [-0.4, -0.2) is 9.36 Å². The van der Waals surface area contributed by atoms with Gasteiger partial charge >= 0.3 is 11.1 Å². The first-order valence-corrected chi connectivity index (χ1v) is 5.68. The van der Waals surface area contributed by atoms with Gasteiger partial charge in [-0.25, -0.2) is 0 Å². The molecule has 1 heterocycles. The molecule has 94 valence electrons. The second kappa shape index (κ2) is 4.20. The lowest BCUT2D eigenvalue weighted by atomic mass is 10.2. The molecule has 0 aliphatic rings. The first-order valence-electron chi connectivity index (χ1n) is 5.68. The van der Waals surface area contributed by atoms with Crippen LogP contribution in [0.25, 0.3) is 16.7 Å². The molecule has 0 aliphatic heterocycles. The van der Waals surface area contributed by atoms with Gasteiger partial charge in [-0.05, 0) is 24.3 Å². The third-order valence-electron chi connectivity index (χ3n) is 2.91. The lowest BCUT2D eigenvalue weighted by molar-refractivity contribution is 0.366. The van der Waals surface area contributed by atoms with E-state index < -0.39 is 11.1 Å². The van der Waals surface area contributed by atoms with Crippen molar-refractivity contribution in [3.63, 3.8) is 0 Å². The number of para-hydroxylation sites is 3. The number of fused-ring (bicyclic) bond motifs is 1. The Balaban J connectivity index is 2.56. The largest absolute Gasteiger partial charge is 0.345 e. The Morgan fingerprint density at radius 1 is 0.737 bits per heavy atom. The van der Waals surface area contributed by atoms with Crippen molar-refractivity contribution in [2.24, 2.45) is 0 Å². The molecule has 1 aromatic heterocycles. The normalized spacial score (nSPS) is 10.8. The molecule has 5 heteroatoms. The molecule has 0 fully saturated rings. The molecule has 0 atom stereocenters. The summed E-state index contributed by atoms with van der Waals surface area (Å²) in [6, 6.07) is 15.0. The van der Waals surface area contributed by atoms with Crippen LogP contribution in [0.2, 0.25) is 0 Å². The Kier molecular flexibility index (Phi) is 2.52. The van der Waals surface area contributed by atoms with Crippen molar-refractivity contribution in [1.29, 1.82) is 0 Å². The van der Waals surface area contributed by atoms with E-state index in [1.165, 1.54) is 10.6 Å². The molecule has 0 saturated heterocycles. The van der Waals surface area contributed by atoms with Gasteiger partial charge in [0, 0.05) is 5.69 Å². The first-order chi connectivity index (χ1) is 9.20. The summed E-state index contributed by atoms with van der Waals surface area (Å²) in [7, 11) is 0. The Bertz CT molecular complexity index is 866. The minimum atomic E-state index is -1.19. The van der Waals surface area contributed by atoms with Crippen molar-refractivity contribution in [2.75, 3.05) is 0 Å². The summed E-state index contributed by atoms with van der Waals surface area (Å²) in [5, 5.41) is 0. The number of halogens is 1. The third-order valence-corrected chi connectivity index (χ3v) is 2.91. The third kappa shape index (κ3) is 1.67. The number of nitrogens with zero attached hydrogens (tertiary/aromatic N) is 2. The predicted octanol–water partition coefficient (Wildman–Crippen LogP) is 1.88. The quantitative estimate of drug-likeness (QED) is 0.624. The lowest BCUT2D eigenvalue weighted by Gasteiger charge is -2.10. The molecular weight excluding hydrogens is 247 g/mol. The van der Waals surface area contributed by atoms with Gasteiger partial charge < -0.3 is 0 Å². The van der Waals surface area contributed by atoms with Crippen LogP contribution < -0.4 is 11.1 Å². The first kappa shape index (κ1) is 11.4. The number of rotatable bonds is 1. The van der Waals surface area contributed by atoms with E-state index in [4.69, 9.17) is 0 Å². The van der Waals surface area contributed by atoms with Crippen molar-refractivity contribution in [2.45, 2.75) is 0 Å². The topological polar surface area (TPSA) is 44.0 Å². The Hall–Kier alpha value is -2.69. The molecule has 0 N–H and O–H groups in total. The fourth-order valence-corrected chi connectivity index (χ4v) is 2.05. The molecular formula is C14H9FN2O2. The van der Waals surface area contributed by atoms with Gasteiger partial charge in [-0.3, -0.25) is 14.2 Å². The molecule has 19 heavy (non-hydrogen) atoms. The van der Waals surface area contributed by atoms with Gasteiger partial charge in [-0.15, -0.1) is 4.79 Å². The van der Waals surface area contributed by atoms with Gasteiger partial charge in [0.25, 0.3) is 0 Å². The highest BCUT2D eigenvalue weighted by Crippen LogP contribution is 2.14. The SMILES string of the molecule is O=c1c(=O)n(-c2ccccc2)c2ccccc2n1F. The maximum absolute atomic E-state index is 13.7. The summed E-state index contributed by atoms with van der Waals surface area (Å²) < 4.78 is 15.0. The minimum absolute atomic E-state index is 0.0657.